The molecule has 8 aromatic rings. The van der Waals surface area contributed by atoms with Crippen molar-refractivity contribution < 1.29 is 38.4 Å². The molecule has 0 radical (unpaired) electrons. The van der Waals surface area contributed by atoms with Crippen molar-refractivity contribution in [2.24, 2.45) is 0 Å². The van der Waals surface area contributed by atoms with Crippen LogP contribution in [-0.2, 0) is 70.5 Å². The van der Waals surface area contributed by atoms with E-state index in [9.17, 15) is 38.4 Å². The summed E-state index contributed by atoms with van der Waals surface area (Å²) in [5.74, 6) is 3.48. The van der Waals surface area contributed by atoms with Crippen molar-refractivity contribution in [3.63, 3.8) is 0 Å². The zero-order valence-electron chi connectivity index (χ0n) is 79.1. The Morgan fingerprint density at radius 3 is 0.963 bits per heavy atom. The van der Waals surface area contributed by atoms with E-state index in [1.54, 1.807) is 77.7 Å². The number of anilines is 11. The number of piperidine rings is 2. The van der Waals surface area contributed by atoms with E-state index < -0.39 is 0 Å². The first-order valence-corrected chi connectivity index (χ1v) is 50.3. The van der Waals surface area contributed by atoms with E-state index in [0.717, 1.165) is 160 Å². The Bertz CT molecular complexity index is 4720. The number of nitrogens with zero attached hydrogens (tertiary/aromatic N) is 9. The summed E-state index contributed by atoms with van der Waals surface area (Å²) in [4.78, 5) is 118. The minimum atomic E-state index is -0.106. The zero-order chi connectivity index (χ0) is 96.8. The van der Waals surface area contributed by atoms with Crippen molar-refractivity contribution in [3.05, 3.63) is 222 Å². The first-order chi connectivity index (χ1) is 64.8. The number of likely N-dealkylation sites (tertiary alicyclic amines) is 2. The number of benzene rings is 8. The zero-order valence-corrected chi connectivity index (χ0v) is 84.4. The SMILES string of the molecule is CCCN(CCCl)c1ccc(CC(=O)Nc2ccc(NC(=O)CCN(C)C)cc2)cc1.CCN(CC)CC(=O)Nc1ccc(NC(=O)Cc2ccc(N(CCCl)CCCl)cc2)cc1.CN(C)CC(=O)Nc1ccc(NC(=O)Cc2ccc(N(CCCl)CCCl)cc2)cc1.O=C(CCCN1CCC(N2CCCCC2)CC1)Cc1cccc(NC(=O)Cc2ccc(N(CCCl)CCCl)cc2)c1. The van der Waals surface area contributed by atoms with E-state index in [0.29, 0.717) is 121 Å². The molecule has 2 aliphatic heterocycles. The van der Waals surface area contributed by atoms with Crippen molar-refractivity contribution in [2.75, 3.05) is 244 Å². The van der Waals surface area contributed by atoms with Gasteiger partial charge in [-0.05, 0) is 274 Å². The summed E-state index contributed by atoms with van der Waals surface area (Å²) in [5, 5.41) is 20.2. The Kier molecular flexibility index (Phi) is 53.3. The number of rotatable bonds is 51. The summed E-state index contributed by atoms with van der Waals surface area (Å²) in [6, 6.07) is 61.5. The molecule has 0 aliphatic carbocycles. The fourth-order valence-electron chi connectivity index (χ4n) is 15.5. The molecule has 7 amide bonds. The maximum Gasteiger partial charge on any atom is 0.238 e. The van der Waals surface area contributed by atoms with Gasteiger partial charge in [-0.15, -0.1) is 81.2 Å². The van der Waals surface area contributed by atoms with Crippen LogP contribution in [-0.4, -0.2) is 265 Å². The molecule has 8 aromatic carbocycles. The smallest absolute Gasteiger partial charge is 0.238 e. The van der Waals surface area contributed by atoms with Crippen LogP contribution in [0.2, 0.25) is 0 Å². The molecule has 2 aliphatic rings. The lowest BCUT2D eigenvalue weighted by atomic mass is 9.99. The van der Waals surface area contributed by atoms with Crippen molar-refractivity contribution in [1.82, 2.24) is 24.5 Å². The molecule has 31 heteroatoms. The predicted molar refractivity (Wildman–Crippen MR) is 563 cm³/mol. The summed E-state index contributed by atoms with van der Waals surface area (Å²) in [7, 11) is 7.53. The van der Waals surface area contributed by atoms with Gasteiger partial charge in [0.15, 0.2) is 0 Å². The van der Waals surface area contributed by atoms with E-state index in [1.165, 1.54) is 45.2 Å². The number of ketones is 1. The predicted octanol–water partition coefficient (Wildman–Crippen LogP) is 18.3. The van der Waals surface area contributed by atoms with Gasteiger partial charge in [0.1, 0.15) is 5.78 Å². The van der Waals surface area contributed by atoms with Gasteiger partial charge in [-0.1, -0.05) is 87.9 Å². The second-order valence-corrected chi connectivity index (χ2v) is 36.3. The van der Waals surface area contributed by atoms with Crippen LogP contribution in [0.25, 0.3) is 0 Å². The van der Waals surface area contributed by atoms with Crippen LogP contribution in [0.15, 0.2) is 194 Å². The van der Waals surface area contributed by atoms with Gasteiger partial charge in [0, 0.05) is 188 Å². The minimum absolute atomic E-state index is 0.0301. The normalized spacial score (nSPS) is 12.6. The standard InChI is InChI=1S/C33H46Cl2N4O2.C24H32Cl2N4O2.C24H33ClN4O2.C22H28Cl2N4O2/c34-15-22-39(23-16-35)30-11-9-27(10-12-30)26-33(41)36-29-7-4-6-28(24-29)25-32(40)8-5-17-37-20-13-31(14-21-37)38-18-2-1-3-19-38;1-3-29(4-2)18-24(32)28-21-9-7-20(8-10-21)27-23(31)17-19-5-11-22(12-6-19)30(15-13-25)16-14-26;1-4-15-29(17-14-25)22-11-5-19(6-12-22)18-24(31)27-21-9-7-20(8-10-21)26-23(30)13-16-28(2)3;1-27(2)16-22(30)26-19-7-5-18(6-8-19)25-21(29)15-17-3-9-20(10-4-17)28(13-11-23)14-12-24/h4,6-7,9-12,24,31H,1-3,5,8,13-23,25-26H2,(H,36,41);5-12H,3-4,13-18H2,1-2H3,(H,27,31)(H,28,32);5-12H,4,13-18H2,1-3H3,(H,26,30)(H,27,31);3-10H,11-16H2,1-2H3,(H,25,29)(H,26,30). The molecular weight excluding hydrogens is 1840 g/mol. The third-order valence-electron chi connectivity index (χ3n) is 22.5. The molecule has 0 saturated carbocycles. The first kappa shape index (κ1) is 112. The molecule has 2 saturated heterocycles. The Morgan fingerprint density at radius 1 is 0.321 bits per heavy atom. The van der Waals surface area contributed by atoms with Crippen LogP contribution in [0.3, 0.4) is 0 Å². The Balaban J connectivity index is 0.000000246. The molecular formula is C103H139Cl7N16O8. The van der Waals surface area contributed by atoms with Gasteiger partial charge in [-0.2, -0.15) is 0 Å². The molecule has 2 heterocycles. The molecule has 0 unspecified atom stereocenters. The third-order valence-corrected chi connectivity index (χ3v) is 23.7. The maximum absolute atomic E-state index is 12.7. The molecule has 24 nitrogen and oxygen atoms in total. The molecule has 134 heavy (non-hydrogen) atoms. The lowest BCUT2D eigenvalue weighted by Gasteiger charge is -2.40. The highest BCUT2D eigenvalue weighted by Gasteiger charge is 2.26. The summed E-state index contributed by atoms with van der Waals surface area (Å²) < 4.78 is 0. The summed E-state index contributed by atoms with van der Waals surface area (Å²) >= 11 is 41.2. The van der Waals surface area contributed by atoms with Crippen molar-refractivity contribution >= 4 is 191 Å². The van der Waals surface area contributed by atoms with Gasteiger partial charge in [-0.3, -0.25) is 43.3 Å². The average molecular weight is 1980 g/mol. The number of hydrogen-bond acceptors (Lipinski definition) is 17. The number of alkyl halides is 7. The molecule has 0 spiro atoms. The number of halogens is 7. The Morgan fingerprint density at radius 2 is 0.642 bits per heavy atom. The molecule has 10 rings (SSSR count). The van der Waals surface area contributed by atoms with Crippen molar-refractivity contribution in [1.29, 1.82) is 0 Å². The van der Waals surface area contributed by atoms with E-state index in [-0.39, 0.29) is 66.4 Å². The number of likely N-dealkylation sites (N-methyl/N-ethyl adjacent to an activating group) is 2. The first-order valence-electron chi connectivity index (χ1n) is 46.6. The highest BCUT2D eigenvalue weighted by Crippen LogP contribution is 2.27. The number of carbonyl (C=O) groups excluding carboxylic acids is 8. The highest BCUT2D eigenvalue weighted by molar-refractivity contribution is 6.20. The summed E-state index contributed by atoms with van der Waals surface area (Å²) in [6.07, 6.45) is 11.2. The lowest BCUT2D eigenvalue weighted by molar-refractivity contribution is -0.119. The topological polar surface area (TPSA) is 250 Å². The van der Waals surface area contributed by atoms with E-state index in [2.05, 4.69) is 73.5 Å². The van der Waals surface area contributed by atoms with Gasteiger partial charge < -0.3 is 76.4 Å². The highest BCUT2D eigenvalue weighted by atomic mass is 35.5. The number of carbonyl (C=O) groups is 8. The maximum atomic E-state index is 12.7. The number of amides is 7. The third kappa shape index (κ3) is 43.8. The average Bonchev–Trinajstić information content (AvgIpc) is 0.868. The lowest BCUT2D eigenvalue weighted by Crippen LogP contribution is -2.46. The fourth-order valence-corrected chi connectivity index (χ4v) is 16.9. The van der Waals surface area contributed by atoms with Gasteiger partial charge in [0.25, 0.3) is 0 Å². The summed E-state index contributed by atoms with van der Waals surface area (Å²) in [6.45, 7) is 21.2. The van der Waals surface area contributed by atoms with Crippen LogP contribution in [0.4, 0.5) is 62.6 Å². The van der Waals surface area contributed by atoms with Gasteiger partial charge in [-0.25, -0.2) is 0 Å². The largest absolute Gasteiger partial charge is 0.370 e. The van der Waals surface area contributed by atoms with Crippen LogP contribution < -0.4 is 56.8 Å². The van der Waals surface area contributed by atoms with Gasteiger partial charge in [0.05, 0.1) is 38.8 Å². The minimum Gasteiger partial charge on any atom is -0.370 e. The number of nitrogens with one attached hydrogen (secondary N) is 7. The second kappa shape index (κ2) is 64.0. The van der Waals surface area contributed by atoms with E-state index in [4.69, 9.17) is 81.2 Å². The monoisotopic (exact) mass is 1970 g/mol. The van der Waals surface area contributed by atoms with Gasteiger partial charge >= 0.3 is 0 Å². The molecule has 0 atom stereocenters. The van der Waals surface area contributed by atoms with Crippen LogP contribution in [0.1, 0.15) is 106 Å². The van der Waals surface area contributed by atoms with E-state index >= 15 is 0 Å². The van der Waals surface area contributed by atoms with Crippen LogP contribution in [0, 0.1) is 0 Å². The number of hydrogen-bond donors (Lipinski definition) is 7. The van der Waals surface area contributed by atoms with Crippen molar-refractivity contribution in [3.8, 4) is 0 Å². The molecule has 728 valence electrons. The fraction of sp³-hybridized carbons (Fsp3) is 0.456. The molecule has 0 bridgehead atoms. The Hall–Kier alpha value is -9.25. The molecule has 2 fully saturated rings. The number of Topliss-reactive ketones (excluding diaryl/α,β-unsaturated/α-hetero) is 1. The Labute approximate surface area is 830 Å². The van der Waals surface area contributed by atoms with E-state index in [1.807, 2.05) is 173 Å². The second-order valence-electron chi connectivity index (χ2n) is 33.7. The van der Waals surface area contributed by atoms with Crippen molar-refractivity contribution in [2.45, 2.75) is 117 Å². The quantitative estimate of drug-likeness (QED) is 0.0175. The van der Waals surface area contributed by atoms with Gasteiger partial charge in [0.2, 0.25) is 41.4 Å². The van der Waals surface area contributed by atoms with Crippen LogP contribution >= 0.6 is 81.2 Å². The summed E-state index contributed by atoms with van der Waals surface area (Å²) in [5.41, 5.74) is 13.8. The molecule has 7 N–H and O–H groups in total. The van der Waals surface area contributed by atoms with Crippen LogP contribution in [0.5, 0.6) is 0 Å². The molecule has 0 aromatic heterocycles.